The van der Waals surface area contributed by atoms with Crippen molar-refractivity contribution in [3.63, 3.8) is 0 Å². The Morgan fingerprint density at radius 2 is 0.322 bits per heavy atom. The number of aliphatic hydroxyl groups is 23. The van der Waals surface area contributed by atoms with Crippen LogP contribution in [0.15, 0.2) is 0 Å². The largest absolute Gasteiger partial charge is 0.481 e. The molecule has 522 valence electrons. The highest BCUT2D eigenvalue weighted by Gasteiger charge is 2.60. The summed E-state index contributed by atoms with van der Waals surface area (Å²) in [6, 6.07) is 0. The molecule has 0 aromatic carbocycles. The number of hydrogen-bond donors (Lipinski definition) is 24. The molecule has 30 saturated heterocycles. The lowest BCUT2D eigenvalue weighted by Crippen LogP contribution is -2.69. The molecule has 90 heavy (non-hydrogen) atoms. The van der Waals surface area contributed by atoms with Gasteiger partial charge in [-0.3, -0.25) is 4.79 Å². The average Bonchev–Trinajstić information content (AvgIpc) is 0.912. The standard InChI is InChI=1S/C49H80O41/c50-2-10-35-20(61)28(69)44(77-10)86-37-12(4-52)79-46(30(71)22(37)63)88-39-14(6-54)81-48(32(73)24(39)65)90-41-16(8-56)82-49(33(74)25(41)66)89-40-15(7-55)80-47(31(72)23(40)64)87-38-13(5-53)78-45(29(70)21(38)62)85-36-11(3-51)76-43(27(68)19(36)60)83-34-9(1-17(57)58)75-42(84-35)26(67)18(34)59/h9-16,18-56,59-74H,1-8H2,(H,57,58)/t9-,10-,11-,12-,13-,14-,15-,16-,18-,19-,20-,21-,22-,23-,24-,25-,26-,27-,28-,29-,30-,31-,32-,33-,34-,35-,36-,37-,38-,39-,40-,41-,42-,43-,44-,45-,46-,47-,48-,49-/m1/s1. The summed E-state index contributed by atoms with van der Waals surface area (Å²) in [6.45, 7) is -7.73. The Morgan fingerprint density at radius 1 is 0.200 bits per heavy atom. The Morgan fingerprint density at radius 3 is 0.444 bits per heavy atom. The van der Waals surface area contributed by atoms with E-state index in [9.17, 15) is 127 Å². The third-order valence-electron chi connectivity index (χ3n) is 17.1. The predicted molar refractivity (Wildman–Crippen MR) is 266 cm³/mol. The van der Waals surface area contributed by atoms with Gasteiger partial charge in [-0.25, -0.2) is 0 Å². The van der Waals surface area contributed by atoms with Gasteiger partial charge in [0.1, 0.15) is 195 Å². The van der Waals surface area contributed by atoms with Crippen LogP contribution in [-0.2, 0) is 80.6 Å². The highest BCUT2D eigenvalue weighted by molar-refractivity contribution is 5.67. The van der Waals surface area contributed by atoms with Crippen LogP contribution in [0.5, 0.6) is 0 Å². The van der Waals surface area contributed by atoms with E-state index in [0.717, 1.165) is 0 Å². The van der Waals surface area contributed by atoms with E-state index in [0.29, 0.717) is 0 Å². The van der Waals surface area contributed by atoms with Crippen LogP contribution in [0.4, 0.5) is 0 Å². The summed E-state index contributed by atoms with van der Waals surface area (Å²) >= 11 is 0. The van der Waals surface area contributed by atoms with Crippen LogP contribution >= 0.6 is 0 Å². The van der Waals surface area contributed by atoms with E-state index in [1.54, 1.807) is 0 Å². The molecule has 24 N–H and O–H groups in total. The molecule has 30 aliphatic rings. The van der Waals surface area contributed by atoms with Crippen LogP contribution in [0.25, 0.3) is 0 Å². The molecule has 41 heteroatoms. The van der Waals surface area contributed by atoms with Crippen LogP contribution in [0.2, 0.25) is 0 Å². The molecular weight excluding hydrogens is 1240 g/mol. The molecule has 41 nitrogen and oxygen atoms in total. The number of carboxylic acid groups (broad SMARTS) is 1. The van der Waals surface area contributed by atoms with Gasteiger partial charge >= 0.3 is 5.97 Å². The van der Waals surface area contributed by atoms with Gasteiger partial charge in [-0.2, -0.15) is 0 Å². The molecule has 30 fully saturated rings. The van der Waals surface area contributed by atoms with Crippen molar-refractivity contribution in [3.8, 4) is 0 Å². The Kier molecular flexibility index (Phi) is 24.5. The SMILES string of the molecule is O=C(O)C[C@H]1O[C@@H]2O[C@H]3[C@H](O)[C@@H](O)[C@@H](O[C@H]4[C@H](O)[C@@H](O)[C@@H](O[C@H]5[C@H](O)[C@@H](O)[C@@H](O[C@H]6[C@H](O)[C@@H](O)[C@@H](O[C@H]7[C@H](O)[C@@H](O)[C@@H](O[C@H]8[C@H](O)[C@@H](O)[C@@H](O[C@H]9[C@H](O)[C@@H](O)[C@@H](O[C@H]1[C@H](O)[C@H]2O)O[C@@H]9CO)O[C@@H]8CO)O[C@@H]7CO)O[C@@H]6CO)O[C@@H]5CO)O[C@@H]4CO)O[C@@H]3CO. The molecule has 0 amide bonds. The summed E-state index contributed by atoms with van der Waals surface area (Å²) in [4.78, 5) is 12.2. The second-order valence-electron chi connectivity index (χ2n) is 22.9. The molecule has 0 spiro atoms. The smallest absolute Gasteiger partial charge is 0.306 e. The summed E-state index contributed by atoms with van der Waals surface area (Å²) in [5, 5.41) is 265. The Hall–Kier alpha value is -2.09. The molecule has 30 aliphatic heterocycles. The van der Waals surface area contributed by atoms with Crippen molar-refractivity contribution in [2.45, 2.75) is 252 Å². The number of aliphatic hydroxyl groups excluding tert-OH is 23. The molecule has 40 atom stereocenters. The second kappa shape index (κ2) is 30.5. The van der Waals surface area contributed by atoms with E-state index in [-0.39, 0.29) is 0 Å². The van der Waals surface area contributed by atoms with Crippen molar-refractivity contribution in [3.05, 3.63) is 0 Å². The lowest BCUT2D eigenvalue weighted by atomic mass is 9.94. The Balaban J connectivity index is 0.986. The van der Waals surface area contributed by atoms with Crippen molar-refractivity contribution in [2.75, 3.05) is 46.2 Å². The fourth-order valence-corrected chi connectivity index (χ4v) is 12.1. The van der Waals surface area contributed by atoms with Crippen molar-refractivity contribution in [1.82, 2.24) is 0 Å². The lowest BCUT2D eigenvalue weighted by Gasteiger charge is -2.50. The number of rotatable bonds is 9. The highest BCUT2D eigenvalue weighted by atomic mass is 16.8. The summed E-state index contributed by atoms with van der Waals surface area (Å²) in [6.07, 6.45) is -84.8. The van der Waals surface area contributed by atoms with E-state index >= 15 is 0 Å². The monoisotopic (exact) mass is 1320 g/mol. The second-order valence-corrected chi connectivity index (χ2v) is 22.9. The van der Waals surface area contributed by atoms with Gasteiger partial charge in [0.15, 0.2) is 50.3 Å². The van der Waals surface area contributed by atoms with Gasteiger partial charge in [-0.1, -0.05) is 0 Å². The molecule has 30 rings (SSSR count). The maximum Gasteiger partial charge on any atom is 0.306 e. The topological polar surface area (TPSA) is 650 Å². The first-order chi connectivity index (χ1) is 42.7. The average molecular weight is 1330 g/mol. The van der Waals surface area contributed by atoms with Gasteiger partial charge in [0, 0.05) is 0 Å². The first-order valence-corrected chi connectivity index (χ1v) is 28.6. The number of aliphatic carboxylic acids is 1. The molecule has 16 bridgehead atoms. The first-order valence-electron chi connectivity index (χ1n) is 28.6. The predicted octanol–water partition coefficient (Wildman–Crippen LogP) is -16.9. The van der Waals surface area contributed by atoms with Crippen LogP contribution in [0.1, 0.15) is 6.42 Å². The third-order valence-corrected chi connectivity index (χ3v) is 17.1. The minimum atomic E-state index is -2.34. The van der Waals surface area contributed by atoms with Gasteiger partial charge in [-0.15, -0.1) is 0 Å². The summed E-state index contributed by atoms with van der Waals surface area (Å²) in [5.41, 5.74) is 0. The van der Waals surface area contributed by atoms with Gasteiger partial charge in [0.05, 0.1) is 52.7 Å². The lowest BCUT2D eigenvalue weighted by molar-refractivity contribution is -0.403. The molecule has 0 saturated carbocycles. The van der Waals surface area contributed by atoms with Crippen LogP contribution < -0.4 is 0 Å². The van der Waals surface area contributed by atoms with Crippen LogP contribution in [-0.4, -0.2) is 420 Å². The number of hydrogen-bond acceptors (Lipinski definition) is 40. The van der Waals surface area contributed by atoms with Crippen molar-refractivity contribution < 1.29 is 203 Å². The summed E-state index contributed by atoms with van der Waals surface area (Å²) < 4.78 is 91.0. The minimum Gasteiger partial charge on any atom is -0.481 e. The molecular formula is C49H80O41. The van der Waals surface area contributed by atoms with E-state index in [1.165, 1.54) is 0 Å². The minimum absolute atomic E-state index is 1.09. The van der Waals surface area contributed by atoms with Crippen molar-refractivity contribution in [1.29, 1.82) is 0 Å². The maximum absolute atomic E-state index is 12.2. The van der Waals surface area contributed by atoms with Crippen LogP contribution in [0.3, 0.4) is 0 Å². The van der Waals surface area contributed by atoms with Gasteiger partial charge in [-0.05, 0) is 0 Å². The zero-order valence-corrected chi connectivity index (χ0v) is 46.9. The molecule has 0 unspecified atom stereocenters. The molecule has 0 radical (unpaired) electrons. The van der Waals surface area contributed by atoms with E-state index < -0.39 is 304 Å². The zero-order valence-electron chi connectivity index (χ0n) is 46.9. The normalized spacial score (nSPS) is 54.3. The van der Waals surface area contributed by atoms with E-state index in [4.69, 9.17) is 75.8 Å². The summed E-state index contributed by atoms with van der Waals surface area (Å²) in [7, 11) is 0. The van der Waals surface area contributed by atoms with E-state index in [1.807, 2.05) is 0 Å². The summed E-state index contributed by atoms with van der Waals surface area (Å²) in [5.74, 6) is -1.65. The maximum atomic E-state index is 12.2. The van der Waals surface area contributed by atoms with Gasteiger partial charge in [0.2, 0.25) is 0 Å². The molecule has 0 aromatic heterocycles. The van der Waals surface area contributed by atoms with Crippen molar-refractivity contribution >= 4 is 5.97 Å². The first kappa shape index (κ1) is 72.2. The molecule has 0 aromatic rings. The van der Waals surface area contributed by atoms with E-state index in [2.05, 4.69) is 0 Å². The molecule has 0 aliphatic carbocycles. The third kappa shape index (κ3) is 14.3. The highest BCUT2D eigenvalue weighted by Crippen LogP contribution is 2.40. The van der Waals surface area contributed by atoms with Gasteiger partial charge < -0.3 is 198 Å². The number of carbonyl (C=O) groups is 1. The fourth-order valence-electron chi connectivity index (χ4n) is 12.1. The Labute approximate surface area is 506 Å². The number of ether oxygens (including phenoxy) is 16. The Bertz CT molecular complexity index is 2230. The van der Waals surface area contributed by atoms with Crippen molar-refractivity contribution in [2.24, 2.45) is 0 Å². The molecule has 30 heterocycles. The number of carboxylic acids is 1. The van der Waals surface area contributed by atoms with Crippen LogP contribution in [0, 0.1) is 0 Å². The fraction of sp³-hybridized carbons (Fsp3) is 0.980. The van der Waals surface area contributed by atoms with Gasteiger partial charge in [0.25, 0.3) is 0 Å². The quantitative estimate of drug-likeness (QED) is 0.102. The zero-order chi connectivity index (χ0) is 65.6.